The highest BCUT2D eigenvalue weighted by molar-refractivity contribution is 9.09. The van der Waals surface area contributed by atoms with Crippen molar-refractivity contribution < 1.29 is 4.74 Å². The van der Waals surface area contributed by atoms with Gasteiger partial charge in [-0.05, 0) is 25.7 Å². The van der Waals surface area contributed by atoms with E-state index in [0.29, 0.717) is 17.0 Å². The van der Waals surface area contributed by atoms with Crippen molar-refractivity contribution in [1.82, 2.24) is 4.90 Å². The molecule has 0 aromatic heterocycles. The van der Waals surface area contributed by atoms with Crippen LogP contribution in [0.3, 0.4) is 0 Å². The first kappa shape index (κ1) is 11.9. The minimum absolute atomic E-state index is 0.486. The van der Waals surface area contributed by atoms with Crippen molar-refractivity contribution >= 4 is 15.9 Å². The van der Waals surface area contributed by atoms with Crippen LogP contribution >= 0.6 is 15.9 Å². The lowest BCUT2D eigenvalue weighted by molar-refractivity contribution is 0.0354. The lowest BCUT2D eigenvalue weighted by atomic mass is 10.1. The molecule has 2 rings (SSSR count). The Hall–Kier alpha value is 0.400. The summed E-state index contributed by atoms with van der Waals surface area (Å²) in [6, 6.07) is 0. The van der Waals surface area contributed by atoms with Crippen molar-refractivity contribution in [3.8, 4) is 0 Å². The van der Waals surface area contributed by atoms with E-state index in [9.17, 15) is 0 Å². The van der Waals surface area contributed by atoms with Crippen LogP contribution in [0.2, 0.25) is 0 Å². The van der Waals surface area contributed by atoms with E-state index in [0.717, 1.165) is 12.5 Å². The third-order valence-corrected chi connectivity index (χ3v) is 4.78. The number of likely N-dealkylation sites (tertiary alicyclic amines) is 1. The van der Waals surface area contributed by atoms with Crippen LogP contribution in [-0.2, 0) is 4.74 Å². The Balaban J connectivity index is 1.77. The fourth-order valence-electron chi connectivity index (χ4n) is 2.76. The number of hydrogen-bond acceptors (Lipinski definition) is 2. The summed E-state index contributed by atoms with van der Waals surface area (Å²) < 4.78 is 5.87. The smallest absolute Gasteiger partial charge is 0.0706 e. The predicted octanol–water partition coefficient (Wildman–Crippen LogP) is 2.66. The summed E-state index contributed by atoms with van der Waals surface area (Å²) in [5.74, 6) is 0.837. The van der Waals surface area contributed by atoms with Gasteiger partial charge in [0.1, 0.15) is 0 Å². The largest absolute Gasteiger partial charge is 0.374 e. The van der Waals surface area contributed by atoms with Crippen LogP contribution in [0.5, 0.6) is 0 Å². The molecule has 0 aromatic rings. The second-order valence-electron chi connectivity index (χ2n) is 5.05. The summed E-state index contributed by atoms with van der Waals surface area (Å²) in [5, 5.41) is 0. The molecule has 0 amide bonds. The van der Waals surface area contributed by atoms with E-state index in [1.807, 2.05) is 0 Å². The van der Waals surface area contributed by atoms with Gasteiger partial charge in [-0.15, -0.1) is 0 Å². The van der Waals surface area contributed by atoms with Gasteiger partial charge in [0, 0.05) is 24.5 Å². The molecule has 4 unspecified atom stereocenters. The molecule has 88 valence electrons. The number of alkyl halides is 1. The van der Waals surface area contributed by atoms with E-state index in [2.05, 4.69) is 34.7 Å². The van der Waals surface area contributed by atoms with Crippen molar-refractivity contribution in [1.29, 1.82) is 0 Å². The molecule has 2 saturated heterocycles. The zero-order valence-electron chi connectivity index (χ0n) is 9.79. The van der Waals surface area contributed by atoms with Crippen LogP contribution in [0.4, 0.5) is 0 Å². The van der Waals surface area contributed by atoms with Gasteiger partial charge < -0.3 is 4.74 Å². The molecule has 0 radical (unpaired) electrons. The Morgan fingerprint density at radius 3 is 2.67 bits per heavy atom. The van der Waals surface area contributed by atoms with Crippen LogP contribution in [0.1, 0.15) is 33.1 Å². The summed E-state index contributed by atoms with van der Waals surface area (Å²) in [6.07, 6.45) is 4.76. The summed E-state index contributed by atoms with van der Waals surface area (Å²) in [4.78, 5) is 3.26. The van der Waals surface area contributed by atoms with Crippen molar-refractivity contribution in [2.45, 2.75) is 50.1 Å². The third-order valence-electron chi connectivity index (χ3n) is 3.74. The van der Waals surface area contributed by atoms with Gasteiger partial charge in [0.2, 0.25) is 0 Å². The maximum absolute atomic E-state index is 5.87. The van der Waals surface area contributed by atoms with Gasteiger partial charge in [-0.1, -0.05) is 29.3 Å². The number of hydrogen-bond donors (Lipinski definition) is 0. The average Bonchev–Trinajstić information content (AvgIpc) is 2.73. The maximum atomic E-state index is 5.87. The van der Waals surface area contributed by atoms with Gasteiger partial charge in [0.15, 0.2) is 0 Å². The average molecular weight is 276 g/mol. The van der Waals surface area contributed by atoms with E-state index in [1.165, 1.54) is 32.4 Å². The lowest BCUT2D eigenvalue weighted by Gasteiger charge is -2.20. The molecular formula is C12H22BrNO. The molecule has 0 spiro atoms. The number of rotatable bonds is 3. The molecule has 0 bridgehead atoms. The van der Waals surface area contributed by atoms with E-state index < -0.39 is 0 Å². The molecule has 0 aromatic carbocycles. The topological polar surface area (TPSA) is 12.5 Å². The normalized spacial score (nSPS) is 42.6. The van der Waals surface area contributed by atoms with E-state index >= 15 is 0 Å². The molecule has 2 fully saturated rings. The summed E-state index contributed by atoms with van der Waals surface area (Å²) in [5.41, 5.74) is 0. The van der Waals surface area contributed by atoms with Crippen molar-refractivity contribution in [2.24, 2.45) is 5.92 Å². The first-order chi connectivity index (χ1) is 7.19. The monoisotopic (exact) mass is 275 g/mol. The first-order valence-electron chi connectivity index (χ1n) is 6.21. The van der Waals surface area contributed by atoms with Gasteiger partial charge >= 0.3 is 0 Å². The second kappa shape index (κ2) is 5.15. The molecule has 2 nitrogen and oxygen atoms in total. The standard InChI is InChI=1S/C12H22BrNO/c1-3-10-6-14(8-12(10)13)7-11-5-4-9(2)15-11/h9-12H,3-8H2,1-2H3. The molecular weight excluding hydrogens is 254 g/mol. The summed E-state index contributed by atoms with van der Waals surface area (Å²) >= 11 is 3.78. The predicted molar refractivity (Wildman–Crippen MR) is 66.5 cm³/mol. The molecule has 3 heteroatoms. The van der Waals surface area contributed by atoms with E-state index in [-0.39, 0.29) is 0 Å². The molecule has 15 heavy (non-hydrogen) atoms. The van der Waals surface area contributed by atoms with Crippen molar-refractivity contribution in [2.75, 3.05) is 19.6 Å². The summed E-state index contributed by atoms with van der Waals surface area (Å²) in [7, 11) is 0. The second-order valence-corrected chi connectivity index (χ2v) is 6.23. The van der Waals surface area contributed by atoms with Crippen LogP contribution in [-0.4, -0.2) is 41.6 Å². The van der Waals surface area contributed by atoms with E-state index in [1.54, 1.807) is 0 Å². The first-order valence-corrected chi connectivity index (χ1v) is 7.12. The molecule has 2 aliphatic rings. The van der Waals surface area contributed by atoms with Crippen LogP contribution in [0, 0.1) is 5.92 Å². The Morgan fingerprint density at radius 2 is 2.13 bits per heavy atom. The molecule has 0 aliphatic carbocycles. The van der Waals surface area contributed by atoms with Gasteiger partial charge in [-0.2, -0.15) is 0 Å². The van der Waals surface area contributed by atoms with Gasteiger partial charge in [0.25, 0.3) is 0 Å². The fourth-order valence-corrected chi connectivity index (χ4v) is 3.71. The van der Waals surface area contributed by atoms with E-state index in [4.69, 9.17) is 4.74 Å². The maximum Gasteiger partial charge on any atom is 0.0706 e. The quantitative estimate of drug-likeness (QED) is 0.735. The highest BCUT2D eigenvalue weighted by atomic mass is 79.9. The van der Waals surface area contributed by atoms with Crippen LogP contribution in [0.15, 0.2) is 0 Å². The number of halogens is 1. The zero-order valence-corrected chi connectivity index (χ0v) is 11.4. The molecule has 2 aliphatic heterocycles. The van der Waals surface area contributed by atoms with Gasteiger partial charge in [-0.25, -0.2) is 0 Å². The molecule has 2 heterocycles. The lowest BCUT2D eigenvalue weighted by Crippen LogP contribution is -2.31. The van der Waals surface area contributed by atoms with Crippen LogP contribution in [0.25, 0.3) is 0 Å². The Bertz CT molecular complexity index is 212. The third kappa shape index (κ3) is 2.95. The number of nitrogens with zero attached hydrogens (tertiary/aromatic N) is 1. The molecule has 0 saturated carbocycles. The highest BCUT2D eigenvalue weighted by Gasteiger charge is 2.32. The Labute approximate surface area is 101 Å². The van der Waals surface area contributed by atoms with Crippen LogP contribution < -0.4 is 0 Å². The molecule has 0 N–H and O–H groups in total. The fraction of sp³-hybridized carbons (Fsp3) is 1.00. The SMILES string of the molecule is CCC1CN(CC2CCC(C)O2)CC1Br. The number of ether oxygens (including phenoxy) is 1. The summed E-state index contributed by atoms with van der Waals surface area (Å²) in [6.45, 7) is 8.07. The van der Waals surface area contributed by atoms with Crippen molar-refractivity contribution in [3.63, 3.8) is 0 Å². The Morgan fingerprint density at radius 1 is 1.33 bits per heavy atom. The molecule has 4 atom stereocenters. The van der Waals surface area contributed by atoms with Gasteiger partial charge in [0.05, 0.1) is 12.2 Å². The highest BCUT2D eigenvalue weighted by Crippen LogP contribution is 2.28. The minimum atomic E-state index is 0.486. The Kier molecular flexibility index (Phi) is 4.08. The van der Waals surface area contributed by atoms with Crippen molar-refractivity contribution in [3.05, 3.63) is 0 Å². The zero-order chi connectivity index (χ0) is 10.8. The minimum Gasteiger partial charge on any atom is -0.374 e. The van der Waals surface area contributed by atoms with Gasteiger partial charge in [-0.3, -0.25) is 4.90 Å².